The molecule has 0 amide bonds. The van der Waals surface area contributed by atoms with E-state index in [1.54, 1.807) is 72.8 Å². The van der Waals surface area contributed by atoms with Gasteiger partial charge in [-0.2, -0.15) is 0 Å². The second kappa shape index (κ2) is 27.4. The van der Waals surface area contributed by atoms with Crippen molar-refractivity contribution in [1.29, 1.82) is 0 Å². The van der Waals surface area contributed by atoms with Crippen LogP contribution in [0.1, 0.15) is 59.3 Å². The Balaban J connectivity index is 0. The van der Waals surface area contributed by atoms with E-state index in [-0.39, 0.29) is 21.7 Å². The molecule has 216 valence electrons. The summed E-state index contributed by atoms with van der Waals surface area (Å²) in [6, 6.07) is 26.1. The van der Waals surface area contributed by atoms with Crippen LogP contribution >= 0.6 is 0 Å². The average Bonchev–Trinajstić information content (AvgIpc) is 2.92. The minimum absolute atomic E-state index is 0. The van der Waals surface area contributed by atoms with Crippen molar-refractivity contribution in [2.24, 2.45) is 0 Å². The molecule has 0 atom stereocenters. The molecule has 0 spiro atoms. The molecule has 4 N–H and O–H groups in total. The fourth-order valence-electron chi connectivity index (χ4n) is 2.45. The van der Waals surface area contributed by atoms with E-state index in [1.807, 2.05) is 18.2 Å². The molecule has 0 aliphatic heterocycles. The monoisotopic (exact) mass is 594 g/mol. The molecular weight excluding hydrogens is 548 g/mol. The van der Waals surface area contributed by atoms with E-state index in [1.165, 1.54) is 0 Å². The van der Waals surface area contributed by atoms with Gasteiger partial charge in [0.15, 0.2) is 0 Å². The molecule has 3 aromatic carbocycles. The summed E-state index contributed by atoms with van der Waals surface area (Å²) >= 11 is 0. The van der Waals surface area contributed by atoms with E-state index in [0.717, 1.165) is 38.5 Å². The molecule has 9 heteroatoms. The second-order valence-corrected chi connectivity index (χ2v) is 10.1. The van der Waals surface area contributed by atoms with Crippen LogP contribution in [0.4, 0.5) is 0 Å². The summed E-state index contributed by atoms with van der Waals surface area (Å²) in [4.78, 5) is 10.2. The zero-order valence-corrected chi connectivity index (χ0v) is 26.1. The third-order valence-electron chi connectivity index (χ3n) is 4.62. The van der Waals surface area contributed by atoms with Crippen LogP contribution in [0.15, 0.2) is 91.0 Å². The summed E-state index contributed by atoms with van der Waals surface area (Å²) in [5.74, 6) is 0.965. The Bertz CT molecular complexity index is 759. The SMILES string of the molecule is CCCCO[Si](O)(OCCCC)OCCCC.Oc1ccccc1.Oc1ccccc1.Oc1ccccc1.[Ti]. The Hall–Kier alpha value is -2.17. The molecule has 0 bridgehead atoms. The zero-order valence-electron chi connectivity index (χ0n) is 23.5. The van der Waals surface area contributed by atoms with Gasteiger partial charge in [-0.15, -0.1) is 0 Å². The number of phenolic OH excluding ortho intramolecular Hbond substituents is 3. The van der Waals surface area contributed by atoms with E-state index >= 15 is 0 Å². The van der Waals surface area contributed by atoms with Gasteiger partial charge in [0.05, 0.1) is 0 Å². The van der Waals surface area contributed by atoms with E-state index in [2.05, 4.69) is 20.8 Å². The fraction of sp³-hybridized carbons (Fsp3) is 0.400. The van der Waals surface area contributed by atoms with Crippen molar-refractivity contribution in [2.75, 3.05) is 19.8 Å². The molecule has 0 radical (unpaired) electrons. The van der Waals surface area contributed by atoms with Crippen molar-refractivity contribution in [3.05, 3.63) is 91.0 Å². The third kappa shape index (κ3) is 25.8. The number of hydrogen-bond acceptors (Lipinski definition) is 7. The topological polar surface area (TPSA) is 109 Å². The number of unbranched alkanes of at least 4 members (excludes halogenated alkanes) is 3. The van der Waals surface area contributed by atoms with Crippen molar-refractivity contribution in [2.45, 2.75) is 59.3 Å². The third-order valence-corrected chi connectivity index (χ3v) is 6.32. The molecule has 0 saturated heterocycles. The summed E-state index contributed by atoms with van der Waals surface area (Å²) in [6.45, 7) is 7.78. The van der Waals surface area contributed by atoms with Crippen molar-refractivity contribution in [1.82, 2.24) is 0 Å². The summed E-state index contributed by atoms with van der Waals surface area (Å²) in [6.07, 6.45) is 5.87. The summed E-state index contributed by atoms with van der Waals surface area (Å²) in [5.41, 5.74) is 0. The van der Waals surface area contributed by atoms with Gasteiger partial charge in [-0.1, -0.05) is 94.6 Å². The largest absolute Gasteiger partial charge is 0.676 e. The van der Waals surface area contributed by atoms with Crippen molar-refractivity contribution >= 4 is 9.05 Å². The van der Waals surface area contributed by atoms with Crippen LogP contribution in [0.25, 0.3) is 0 Å². The predicted octanol–water partition coefficient (Wildman–Crippen LogP) is 7.04. The van der Waals surface area contributed by atoms with E-state index in [9.17, 15) is 4.80 Å². The first-order valence-electron chi connectivity index (χ1n) is 13.2. The molecule has 0 saturated carbocycles. The zero-order chi connectivity index (χ0) is 28.3. The Labute approximate surface area is 250 Å². The van der Waals surface area contributed by atoms with Crippen LogP contribution in [-0.4, -0.2) is 49.0 Å². The molecular formula is C30H46O7SiTi. The molecule has 0 fully saturated rings. The smallest absolute Gasteiger partial charge is 0.508 e. The summed E-state index contributed by atoms with van der Waals surface area (Å²) in [7, 11) is -3.36. The van der Waals surface area contributed by atoms with Gasteiger partial charge < -0.3 is 33.4 Å². The van der Waals surface area contributed by atoms with Gasteiger partial charge in [0, 0.05) is 41.5 Å². The van der Waals surface area contributed by atoms with Gasteiger partial charge in [0.25, 0.3) is 0 Å². The van der Waals surface area contributed by atoms with Gasteiger partial charge >= 0.3 is 9.05 Å². The minimum atomic E-state index is -3.36. The van der Waals surface area contributed by atoms with Gasteiger partial charge in [-0.25, -0.2) is 0 Å². The van der Waals surface area contributed by atoms with Crippen LogP contribution in [-0.2, 0) is 35.0 Å². The Morgan fingerprint density at radius 2 is 0.718 bits per heavy atom. The molecule has 0 heterocycles. The maximum atomic E-state index is 10.2. The molecule has 7 nitrogen and oxygen atoms in total. The van der Waals surface area contributed by atoms with Crippen molar-refractivity contribution < 1.29 is 55.1 Å². The van der Waals surface area contributed by atoms with Crippen molar-refractivity contribution in [3.8, 4) is 17.2 Å². The average molecular weight is 595 g/mol. The standard InChI is InChI=1S/C12H28O4Si.3C6H6O.Ti/c1-4-7-10-14-17(13,15-11-8-5-2)16-12-9-6-3;3*7-6-4-2-1-3-5-6;/h13H,4-12H2,1-3H3;3*1-5,7H;. The number of hydrogen-bond donors (Lipinski definition) is 4. The van der Waals surface area contributed by atoms with Gasteiger partial charge in [0.2, 0.25) is 0 Å². The molecule has 3 rings (SSSR count). The van der Waals surface area contributed by atoms with Crippen LogP contribution in [0.5, 0.6) is 17.2 Å². The Kier molecular flexibility index (Phi) is 27.4. The molecule has 0 aromatic heterocycles. The van der Waals surface area contributed by atoms with Crippen LogP contribution in [0.2, 0.25) is 0 Å². The van der Waals surface area contributed by atoms with Crippen molar-refractivity contribution in [3.63, 3.8) is 0 Å². The first-order valence-corrected chi connectivity index (χ1v) is 14.9. The minimum Gasteiger partial charge on any atom is -0.508 e. The molecule has 0 aliphatic rings. The molecule has 39 heavy (non-hydrogen) atoms. The normalized spacial score (nSPS) is 9.85. The van der Waals surface area contributed by atoms with Gasteiger partial charge in [-0.05, 0) is 55.7 Å². The number of para-hydroxylation sites is 3. The summed E-state index contributed by atoms with van der Waals surface area (Å²) < 4.78 is 16.2. The Morgan fingerprint density at radius 1 is 0.487 bits per heavy atom. The van der Waals surface area contributed by atoms with E-state index < -0.39 is 9.05 Å². The maximum absolute atomic E-state index is 10.2. The van der Waals surface area contributed by atoms with Crippen LogP contribution in [0.3, 0.4) is 0 Å². The predicted molar refractivity (Wildman–Crippen MR) is 155 cm³/mol. The molecule has 0 unspecified atom stereocenters. The van der Waals surface area contributed by atoms with E-state index in [4.69, 9.17) is 28.6 Å². The number of rotatable bonds is 12. The first-order chi connectivity index (χ1) is 18.4. The van der Waals surface area contributed by atoms with E-state index in [0.29, 0.717) is 37.1 Å². The first kappa shape index (κ1) is 39.0. The van der Waals surface area contributed by atoms with Gasteiger partial charge in [0.1, 0.15) is 17.2 Å². The Morgan fingerprint density at radius 3 is 0.872 bits per heavy atom. The van der Waals surface area contributed by atoms with Crippen LogP contribution < -0.4 is 0 Å². The number of benzene rings is 3. The maximum Gasteiger partial charge on any atom is 0.676 e. The fourth-order valence-corrected chi connectivity index (χ4v) is 3.90. The number of aromatic hydroxyl groups is 3. The molecule has 0 aliphatic carbocycles. The second-order valence-electron chi connectivity index (χ2n) is 8.14. The summed E-state index contributed by atoms with van der Waals surface area (Å²) in [5, 5.41) is 25.9. The van der Waals surface area contributed by atoms with Crippen LogP contribution in [0, 0.1) is 0 Å². The molecule has 3 aromatic rings. The number of phenols is 3. The van der Waals surface area contributed by atoms with Gasteiger partial charge in [-0.3, -0.25) is 0 Å². The quantitative estimate of drug-likeness (QED) is 0.132.